The van der Waals surface area contributed by atoms with Gasteiger partial charge in [0.05, 0.1) is 16.9 Å². The Morgan fingerprint density at radius 3 is 2.07 bits per heavy atom. The lowest BCUT2D eigenvalue weighted by Gasteiger charge is -2.07. The number of carbonyl (C=O) groups excluding carboxylic acids is 2. The molecule has 140 valence electrons. The highest BCUT2D eigenvalue weighted by Crippen LogP contribution is 2.20. The van der Waals surface area contributed by atoms with Crippen LogP contribution in [0.15, 0.2) is 89.1 Å². The zero-order valence-electron chi connectivity index (χ0n) is 14.9. The Hall–Kier alpha value is -4.00. The molecule has 0 aliphatic heterocycles. The molecule has 0 spiro atoms. The number of azo groups is 1. The van der Waals surface area contributed by atoms with Gasteiger partial charge < -0.3 is 15.8 Å². The molecule has 0 bridgehead atoms. The van der Waals surface area contributed by atoms with Crippen LogP contribution in [0.3, 0.4) is 0 Å². The second kappa shape index (κ2) is 9.09. The van der Waals surface area contributed by atoms with Crippen LogP contribution in [-0.4, -0.2) is 18.5 Å². The summed E-state index contributed by atoms with van der Waals surface area (Å²) in [6.45, 7) is -0.390. The highest BCUT2D eigenvalue weighted by molar-refractivity contribution is 5.95. The number of rotatable bonds is 6. The van der Waals surface area contributed by atoms with Gasteiger partial charge in [-0.05, 0) is 60.7 Å². The van der Waals surface area contributed by atoms with Crippen LogP contribution in [0.2, 0.25) is 0 Å². The van der Waals surface area contributed by atoms with Crippen molar-refractivity contribution in [2.24, 2.45) is 10.2 Å². The van der Waals surface area contributed by atoms with Gasteiger partial charge in [0.2, 0.25) is 0 Å². The minimum atomic E-state index is -0.591. The van der Waals surface area contributed by atoms with Crippen LogP contribution < -0.4 is 11.1 Å². The number of nitrogen functional groups attached to an aromatic ring is 1. The van der Waals surface area contributed by atoms with E-state index in [1.165, 1.54) is 12.1 Å². The van der Waals surface area contributed by atoms with E-state index in [2.05, 4.69) is 15.5 Å². The molecule has 0 radical (unpaired) electrons. The molecule has 0 atom stereocenters. The van der Waals surface area contributed by atoms with Crippen molar-refractivity contribution in [2.75, 3.05) is 17.7 Å². The van der Waals surface area contributed by atoms with E-state index >= 15 is 0 Å². The number of hydrogen-bond donors (Lipinski definition) is 2. The van der Waals surface area contributed by atoms with Crippen molar-refractivity contribution in [3.05, 3.63) is 84.4 Å². The second-order valence-corrected chi connectivity index (χ2v) is 5.83. The van der Waals surface area contributed by atoms with E-state index in [-0.39, 0.29) is 0 Å². The molecule has 0 aromatic heterocycles. The van der Waals surface area contributed by atoms with Gasteiger partial charge in [-0.15, -0.1) is 0 Å². The Morgan fingerprint density at radius 1 is 0.821 bits per heavy atom. The van der Waals surface area contributed by atoms with Crippen LogP contribution in [-0.2, 0) is 9.53 Å². The molecule has 3 rings (SSSR count). The summed E-state index contributed by atoms with van der Waals surface area (Å²) in [6.07, 6.45) is 0. The van der Waals surface area contributed by atoms with Crippen LogP contribution in [0.25, 0.3) is 0 Å². The molecule has 7 heteroatoms. The number of ether oxygens (including phenoxy) is 1. The maximum atomic E-state index is 11.9. The average Bonchev–Trinajstić information content (AvgIpc) is 2.73. The monoisotopic (exact) mass is 374 g/mol. The van der Waals surface area contributed by atoms with E-state index in [0.717, 1.165) is 5.69 Å². The highest BCUT2D eigenvalue weighted by Gasteiger charge is 2.10. The lowest BCUT2D eigenvalue weighted by molar-refractivity contribution is -0.119. The number of carbonyl (C=O) groups is 2. The molecule has 3 aromatic rings. The first-order valence-electron chi connectivity index (χ1n) is 8.49. The molecular formula is C21H18N4O3. The molecule has 0 aliphatic carbocycles. The van der Waals surface area contributed by atoms with Crippen molar-refractivity contribution in [3.8, 4) is 0 Å². The molecule has 1 amide bonds. The smallest absolute Gasteiger partial charge is 0.338 e. The zero-order chi connectivity index (χ0) is 19.8. The molecule has 3 N–H and O–H groups in total. The average molecular weight is 374 g/mol. The topological polar surface area (TPSA) is 106 Å². The normalized spacial score (nSPS) is 10.6. The Labute approximate surface area is 161 Å². The van der Waals surface area contributed by atoms with Gasteiger partial charge in [0, 0.05) is 11.4 Å². The Morgan fingerprint density at radius 2 is 1.43 bits per heavy atom. The van der Waals surface area contributed by atoms with Gasteiger partial charge in [-0.2, -0.15) is 10.2 Å². The summed E-state index contributed by atoms with van der Waals surface area (Å²) < 4.78 is 4.99. The van der Waals surface area contributed by atoms with E-state index in [1.54, 1.807) is 36.4 Å². The predicted molar refractivity (Wildman–Crippen MR) is 107 cm³/mol. The molecular weight excluding hydrogens is 356 g/mol. The third-order valence-corrected chi connectivity index (χ3v) is 3.67. The molecule has 28 heavy (non-hydrogen) atoms. The minimum Gasteiger partial charge on any atom is -0.452 e. The van der Waals surface area contributed by atoms with Gasteiger partial charge in [-0.3, -0.25) is 4.79 Å². The SMILES string of the molecule is Nc1ccc(C(=O)OCC(=O)Nc2ccc(N=Nc3ccccc3)cc2)cc1. The summed E-state index contributed by atoms with van der Waals surface area (Å²) >= 11 is 0. The molecule has 0 fully saturated rings. The van der Waals surface area contributed by atoms with Gasteiger partial charge in [0.15, 0.2) is 6.61 Å². The van der Waals surface area contributed by atoms with Crippen molar-refractivity contribution in [2.45, 2.75) is 0 Å². The fourth-order valence-corrected chi connectivity index (χ4v) is 2.25. The van der Waals surface area contributed by atoms with Gasteiger partial charge in [-0.25, -0.2) is 4.79 Å². The Balaban J connectivity index is 1.49. The number of esters is 1. The summed E-state index contributed by atoms with van der Waals surface area (Å²) in [7, 11) is 0. The molecule has 3 aromatic carbocycles. The molecule has 0 heterocycles. The van der Waals surface area contributed by atoms with Crippen LogP contribution >= 0.6 is 0 Å². The third kappa shape index (κ3) is 5.50. The lowest BCUT2D eigenvalue weighted by atomic mass is 10.2. The molecule has 0 aliphatic rings. The zero-order valence-corrected chi connectivity index (χ0v) is 14.9. The van der Waals surface area contributed by atoms with Crippen molar-refractivity contribution in [3.63, 3.8) is 0 Å². The largest absolute Gasteiger partial charge is 0.452 e. The summed E-state index contributed by atoms with van der Waals surface area (Å²) in [5, 5.41) is 10.9. The van der Waals surface area contributed by atoms with Crippen LogP contribution in [0.5, 0.6) is 0 Å². The summed E-state index contributed by atoms with van der Waals surface area (Å²) in [6, 6.07) is 22.5. The van der Waals surface area contributed by atoms with Crippen molar-refractivity contribution >= 4 is 34.6 Å². The molecule has 0 unspecified atom stereocenters. The first-order chi connectivity index (χ1) is 13.6. The van der Waals surface area contributed by atoms with E-state index in [0.29, 0.717) is 22.6 Å². The number of benzene rings is 3. The van der Waals surface area contributed by atoms with Gasteiger partial charge in [-0.1, -0.05) is 18.2 Å². The van der Waals surface area contributed by atoms with E-state index in [9.17, 15) is 9.59 Å². The lowest BCUT2D eigenvalue weighted by Crippen LogP contribution is -2.20. The van der Waals surface area contributed by atoms with Gasteiger partial charge in [0.25, 0.3) is 5.91 Å². The van der Waals surface area contributed by atoms with Crippen LogP contribution in [0.1, 0.15) is 10.4 Å². The van der Waals surface area contributed by atoms with Crippen LogP contribution in [0.4, 0.5) is 22.7 Å². The van der Waals surface area contributed by atoms with Crippen molar-refractivity contribution in [1.29, 1.82) is 0 Å². The van der Waals surface area contributed by atoms with E-state index < -0.39 is 18.5 Å². The first-order valence-corrected chi connectivity index (χ1v) is 8.49. The first kappa shape index (κ1) is 18.8. The summed E-state index contributed by atoms with van der Waals surface area (Å²) in [4.78, 5) is 23.8. The standard InChI is InChI=1S/C21H18N4O3/c22-16-8-6-15(7-9-16)21(27)28-14-20(26)23-17-10-12-19(13-11-17)25-24-18-4-2-1-3-5-18/h1-13H,14,22H2,(H,23,26). The number of nitrogens with one attached hydrogen (secondary N) is 1. The Kier molecular flexibility index (Phi) is 6.10. The molecule has 7 nitrogen and oxygen atoms in total. The maximum absolute atomic E-state index is 11.9. The fraction of sp³-hybridized carbons (Fsp3) is 0.0476. The number of nitrogens with zero attached hydrogens (tertiary/aromatic N) is 2. The summed E-state index contributed by atoms with van der Waals surface area (Å²) in [5.41, 5.74) is 8.40. The van der Waals surface area contributed by atoms with E-state index in [4.69, 9.17) is 10.5 Å². The fourth-order valence-electron chi connectivity index (χ4n) is 2.25. The van der Waals surface area contributed by atoms with Gasteiger partial charge >= 0.3 is 5.97 Å². The van der Waals surface area contributed by atoms with Crippen LogP contribution in [0, 0.1) is 0 Å². The number of nitrogens with two attached hydrogens (primary N) is 1. The quantitative estimate of drug-likeness (QED) is 0.377. The van der Waals surface area contributed by atoms with Crippen molar-refractivity contribution in [1.82, 2.24) is 0 Å². The second-order valence-electron chi connectivity index (χ2n) is 5.83. The number of hydrogen-bond acceptors (Lipinski definition) is 6. The minimum absolute atomic E-state index is 0.329. The van der Waals surface area contributed by atoms with E-state index in [1.807, 2.05) is 30.3 Å². The third-order valence-electron chi connectivity index (χ3n) is 3.67. The predicted octanol–water partition coefficient (Wildman–Crippen LogP) is 4.48. The molecule has 0 saturated heterocycles. The highest BCUT2D eigenvalue weighted by atomic mass is 16.5. The summed E-state index contributed by atoms with van der Waals surface area (Å²) in [5.74, 6) is -1.03. The number of amides is 1. The number of anilines is 2. The Bertz CT molecular complexity index is 969. The van der Waals surface area contributed by atoms with Gasteiger partial charge in [0.1, 0.15) is 0 Å². The molecule has 0 saturated carbocycles. The van der Waals surface area contributed by atoms with Crippen molar-refractivity contribution < 1.29 is 14.3 Å². The maximum Gasteiger partial charge on any atom is 0.338 e.